The highest BCUT2D eigenvalue weighted by Crippen LogP contribution is 2.38. The zero-order valence-electron chi connectivity index (χ0n) is 17.8. The Labute approximate surface area is 191 Å². The third-order valence-corrected chi connectivity index (χ3v) is 5.31. The highest BCUT2D eigenvalue weighted by molar-refractivity contribution is 6.03. The predicted octanol–water partition coefficient (Wildman–Crippen LogP) is 4.59. The van der Waals surface area contributed by atoms with Crippen molar-refractivity contribution in [2.75, 3.05) is 12.3 Å². The number of Topliss-reactive ketones (excluding diaryl/α,β-unsaturated/α-hetero) is 1. The van der Waals surface area contributed by atoms with Crippen molar-refractivity contribution < 1.29 is 27.2 Å². The molecule has 0 unspecified atom stereocenters. The molecule has 0 saturated heterocycles. The molecule has 0 aliphatic carbocycles. The zero-order valence-corrected chi connectivity index (χ0v) is 17.8. The molecule has 0 aliphatic rings. The second-order valence-corrected chi connectivity index (χ2v) is 7.63. The van der Waals surface area contributed by atoms with Crippen LogP contribution in [-0.2, 0) is 13.2 Å². The molecule has 4 aromatic rings. The Hall–Kier alpha value is -4.21. The lowest BCUT2D eigenvalue weighted by atomic mass is 10.0. The smallest absolute Gasteiger partial charge is 0.397 e. The Kier molecular flexibility index (Phi) is 5.82. The summed E-state index contributed by atoms with van der Waals surface area (Å²) in [6.45, 7) is -0.475. The minimum absolute atomic E-state index is 0.151. The van der Waals surface area contributed by atoms with Gasteiger partial charge in [-0.2, -0.15) is 13.2 Å². The molecule has 0 spiro atoms. The molecule has 2 heterocycles. The fraction of sp³-hybridized carbons (Fsp3) is 0.125. The summed E-state index contributed by atoms with van der Waals surface area (Å²) < 4.78 is 56.1. The van der Waals surface area contributed by atoms with Gasteiger partial charge in [0, 0.05) is 29.9 Å². The van der Waals surface area contributed by atoms with E-state index in [4.69, 9.17) is 5.73 Å². The second kappa shape index (κ2) is 8.62. The van der Waals surface area contributed by atoms with Crippen LogP contribution in [0, 0.1) is 5.82 Å². The maximum atomic E-state index is 13.8. The maximum Gasteiger partial charge on any atom is 0.418 e. The van der Waals surface area contributed by atoms with Gasteiger partial charge < -0.3 is 15.6 Å². The first kappa shape index (κ1) is 23.0. The number of carbonyl (C=O) groups is 2. The van der Waals surface area contributed by atoms with Gasteiger partial charge in [0.1, 0.15) is 5.82 Å². The van der Waals surface area contributed by atoms with Crippen molar-refractivity contribution in [2.45, 2.75) is 6.18 Å². The van der Waals surface area contributed by atoms with Crippen LogP contribution in [0.2, 0.25) is 0 Å². The van der Waals surface area contributed by atoms with Gasteiger partial charge in [-0.3, -0.25) is 9.59 Å². The first-order valence-corrected chi connectivity index (χ1v) is 10.0. The SMILES string of the molecule is Cn1ccc2ccc(-c3nc(C(=O)NCC(=O)c4ccc(F)cc4)c(N)cc3C(F)(F)F)cc21. The van der Waals surface area contributed by atoms with E-state index in [-0.39, 0.29) is 11.1 Å². The fourth-order valence-electron chi connectivity index (χ4n) is 3.54. The normalized spacial score (nSPS) is 11.6. The lowest BCUT2D eigenvalue weighted by molar-refractivity contribution is -0.137. The average Bonchev–Trinajstić information content (AvgIpc) is 3.17. The van der Waals surface area contributed by atoms with Crippen molar-refractivity contribution in [3.05, 3.63) is 83.4 Å². The number of rotatable bonds is 5. The Morgan fingerprint density at radius 1 is 1.06 bits per heavy atom. The van der Waals surface area contributed by atoms with E-state index in [1.807, 2.05) is 6.07 Å². The molecule has 0 saturated carbocycles. The summed E-state index contributed by atoms with van der Waals surface area (Å²) in [5.41, 5.74) is 4.26. The topological polar surface area (TPSA) is 90.0 Å². The molecular formula is C24H18F4N4O2. The van der Waals surface area contributed by atoms with Crippen molar-refractivity contribution in [3.8, 4) is 11.3 Å². The number of aryl methyl sites for hydroxylation is 1. The summed E-state index contributed by atoms with van der Waals surface area (Å²) in [7, 11) is 1.75. The number of pyridine rings is 1. The molecule has 0 aliphatic heterocycles. The summed E-state index contributed by atoms with van der Waals surface area (Å²) in [6.07, 6.45) is -3.00. The van der Waals surface area contributed by atoms with Gasteiger partial charge in [0.15, 0.2) is 11.5 Å². The monoisotopic (exact) mass is 470 g/mol. The summed E-state index contributed by atoms with van der Waals surface area (Å²) in [5.74, 6) is -1.96. The largest absolute Gasteiger partial charge is 0.418 e. The van der Waals surface area contributed by atoms with Crippen molar-refractivity contribution in [1.29, 1.82) is 0 Å². The van der Waals surface area contributed by atoms with Gasteiger partial charge in [0.2, 0.25) is 0 Å². The number of anilines is 1. The number of amides is 1. The second-order valence-electron chi connectivity index (χ2n) is 7.63. The molecule has 0 fully saturated rings. The Morgan fingerprint density at radius 3 is 2.44 bits per heavy atom. The van der Waals surface area contributed by atoms with Gasteiger partial charge in [0.25, 0.3) is 5.91 Å². The molecule has 2 aromatic heterocycles. The highest BCUT2D eigenvalue weighted by atomic mass is 19.4. The number of fused-ring (bicyclic) bond motifs is 1. The number of carbonyl (C=O) groups excluding carboxylic acids is 2. The standard InChI is InChI=1S/C24H18F4N4O2/c1-32-9-8-13-2-3-15(10-19(13)32)21-17(24(26,27)28)11-18(29)22(31-21)23(34)30-12-20(33)14-4-6-16(25)7-5-14/h2-11H,12,29H2,1H3,(H,30,34). The van der Waals surface area contributed by atoms with E-state index in [0.29, 0.717) is 11.6 Å². The van der Waals surface area contributed by atoms with Crippen molar-refractivity contribution in [3.63, 3.8) is 0 Å². The third-order valence-electron chi connectivity index (χ3n) is 5.31. The number of nitrogen functional groups attached to an aromatic ring is 1. The van der Waals surface area contributed by atoms with Crippen LogP contribution in [0.25, 0.3) is 22.2 Å². The summed E-state index contributed by atoms with van der Waals surface area (Å²) in [6, 6.07) is 11.9. The van der Waals surface area contributed by atoms with Gasteiger partial charge in [-0.25, -0.2) is 9.37 Å². The van der Waals surface area contributed by atoms with Crippen molar-refractivity contribution in [1.82, 2.24) is 14.9 Å². The molecule has 1 amide bonds. The highest BCUT2D eigenvalue weighted by Gasteiger charge is 2.36. The predicted molar refractivity (Wildman–Crippen MR) is 119 cm³/mol. The van der Waals surface area contributed by atoms with Crippen LogP contribution in [0.4, 0.5) is 23.2 Å². The number of nitrogens with two attached hydrogens (primary N) is 1. The molecule has 174 valence electrons. The Morgan fingerprint density at radius 2 is 1.76 bits per heavy atom. The number of hydrogen-bond donors (Lipinski definition) is 2. The Balaban J connectivity index is 1.69. The molecule has 10 heteroatoms. The molecule has 0 bridgehead atoms. The third kappa shape index (κ3) is 4.47. The number of benzene rings is 2. The molecular weight excluding hydrogens is 452 g/mol. The summed E-state index contributed by atoms with van der Waals surface area (Å²) in [5, 5.41) is 3.14. The van der Waals surface area contributed by atoms with E-state index in [2.05, 4.69) is 10.3 Å². The van der Waals surface area contributed by atoms with E-state index < -0.39 is 52.9 Å². The molecule has 4 rings (SSSR count). The van der Waals surface area contributed by atoms with Crippen LogP contribution in [0.1, 0.15) is 26.4 Å². The number of hydrogen-bond acceptors (Lipinski definition) is 4. The Bertz CT molecular complexity index is 1410. The van der Waals surface area contributed by atoms with E-state index >= 15 is 0 Å². The first-order valence-electron chi connectivity index (χ1n) is 10.0. The molecule has 6 nitrogen and oxygen atoms in total. The van der Waals surface area contributed by atoms with Crippen LogP contribution >= 0.6 is 0 Å². The number of nitrogens with one attached hydrogen (secondary N) is 1. The number of nitrogens with zero attached hydrogens (tertiary/aromatic N) is 2. The van der Waals surface area contributed by atoms with E-state index in [1.54, 1.807) is 29.9 Å². The van der Waals surface area contributed by atoms with Crippen LogP contribution in [0.3, 0.4) is 0 Å². The molecule has 2 aromatic carbocycles. The number of ketones is 1. The fourth-order valence-corrected chi connectivity index (χ4v) is 3.54. The van der Waals surface area contributed by atoms with Gasteiger partial charge in [-0.05, 0) is 47.9 Å². The first-order chi connectivity index (χ1) is 16.0. The minimum atomic E-state index is -4.77. The van der Waals surface area contributed by atoms with Crippen LogP contribution < -0.4 is 11.1 Å². The molecule has 0 atom stereocenters. The molecule has 0 radical (unpaired) electrons. The number of halogens is 4. The summed E-state index contributed by atoms with van der Waals surface area (Å²) >= 11 is 0. The van der Waals surface area contributed by atoms with E-state index in [9.17, 15) is 27.2 Å². The van der Waals surface area contributed by atoms with Crippen LogP contribution in [0.15, 0.2) is 60.8 Å². The number of aromatic nitrogens is 2. The van der Waals surface area contributed by atoms with Crippen LogP contribution in [0.5, 0.6) is 0 Å². The summed E-state index contributed by atoms with van der Waals surface area (Å²) in [4.78, 5) is 28.9. The van der Waals surface area contributed by atoms with Crippen LogP contribution in [-0.4, -0.2) is 27.8 Å². The minimum Gasteiger partial charge on any atom is -0.397 e. The van der Waals surface area contributed by atoms with E-state index in [1.165, 1.54) is 18.2 Å². The van der Waals surface area contributed by atoms with Crippen molar-refractivity contribution in [2.24, 2.45) is 7.05 Å². The van der Waals surface area contributed by atoms with Gasteiger partial charge >= 0.3 is 6.18 Å². The molecule has 3 N–H and O–H groups in total. The lowest BCUT2D eigenvalue weighted by Crippen LogP contribution is -2.31. The lowest BCUT2D eigenvalue weighted by Gasteiger charge is -2.16. The van der Waals surface area contributed by atoms with Crippen molar-refractivity contribution >= 4 is 28.3 Å². The molecule has 34 heavy (non-hydrogen) atoms. The maximum absolute atomic E-state index is 13.8. The number of alkyl halides is 3. The van der Waals surface area contributed by atoms with Gasteiger partial charge in [-0.1, -0.05) is 12.1 Å². The van der Waals surface area contributed by atoms with Gasteiger partial charge in [0.05, 0.1) is 23.5 Å². The average molecular weight is 470 g/mol. The van der Waals surface area contributed by atoms with Gasteiger partial charge in [-0.15, -0.1) is 0 Å². The zero-order chi connectivity index (χ0) is 24.6. The van der Waals surface area contributed by atoms with E-state index in [0.717, 1.165) is 17.5 Å². The quantitative estimate of drug-likeness (QED) is 0.330.